The molecular weight excluding hydrogens is 584 g/mol. The van der Waals surface area contributed by atoms with Crippen LogP contribution in [0.3, 0.4) is 0 Å². The highest BCUT2D eigenvalue weighted by molar-refractivity contribution is 6.07. The van der Waals surface area contributed by atoms with Crippen LogP contribution >= 0.6 is 0 Å². The fraction of sp³-hybridized carbons (Fsp3) is 0.429. The number of benzene rings is 2. The maximum Gasteiger partial charge on any atom is 0.340 e. The topological polar surface area (TPSA) is 207 Å². The van der Waals surface area contributed by atoms with Gasteiger partial charge < -0.3 is 18.9 Å². The Morgan fingerprint density at radius 3 is 1.64 bits per heavy atom. The van der Waals surface area contributed by atoms with Gasteiger partial charge in [-0.3, -0.25) is 30.4 Å². The van der Waals surface area contributed by atoms with Crippen LogP contribution in [0.1, 0.15) is 51.0 Å². The predicted molar refractivity (Wildman–Crippen MR) is 150 cm³/mol. The van der Waals surface area contributed by atoms with E-state index in [9.17, 15) is 39.4 Å². The van der Waals surface area contributed by atoms with Crippen molar-refractivity contribution in [1.82, 2.24) is 10.2 Å². The highest BCUT2D eigenvalue weighted by Gasteiger charge is 2.67. The second-order valence-corrected chi connectivity index (χ2v) is 9.26. The van der Waals surface area contributed by atoms with Crippen LogP contribution in [0.2, 0.25) is 0 Å². The van der Waals surface area contributed by atoms with Crippen molar-refractivity contribution in [3.8, 4) is 0 Å². The minimum absolute atomic E-state index is 0.0451. The van der Waals surface area contributed by atoms with E-state index in [0.717, 1.165) is 17.0 Å². The molecule has 1 saturated heterocycles. The number of esters is 4. The Hall–Kier alpha value is -4.96. The normalized spacial score (nSPS) is 17.5. The first-order valence-corrected chi connectivity index (χ1v) is 13.7. The molecular formula is C28H32N4O12. The van der Waals surface area contributed by atoms with Gasteiger partial charge in [-0.05, 0) is 38.8 Å². The van der Waals surface area contributed by atoms with E-state index in [-0.39, 0.29) is 43.2 Å². The van der Waals surface area contributed by atoms with E-state index >= 15 is 0 Å². The predicted octanol–water partition coefficient (Wildman–Crippen LogP) is 2.51. The maximum atomic E-state index is 13.9. The molecule has 0 unspecified atom stereocenters. The molecule has 1 fully saturated rings. The summed E-state index contributed by atoms with van der Waals surface area (Å²) in [6.07, 6.45) is -1.49. The largest absolute Gasteiger partial charge is 0.464 e. The Morgan fingerprint density at radius 1 is 0.773 bits per heavy atom. The minimum Gasteiger partial charge on any atom is -0.464 e. The number of carbonyl (C=O) groups excluding carboxylic acids is 4. The molecule has 0 spiro atoms. The zero-order valence-electron chi connectivity index (χ0n) is 24.4. The summed E-state index contributed by atoms with van der Waals surface area (Å²) in [5.74, 6) is -4.66. The number of hydrogen-bond acceptors (Lipinski definition) is 14. The van der Waals surface area contributed by atoms with Crippen molar-refractivity contribution in [2.24, 2.45) is 0 Å². The third-order valence-corrected chi connectivity index (χ3v) is 6.68. The van der Waals surface area contributed by atoms with E-state index in [1.807, 2.05) is 0 Å². The molecule has 3 rings (SSSR count). The summed E-state index contributed by atoms with van der Waals surface area (Å²) < 4.78 is 21.0. The van der Waals surface area contributed by atoms with Gasteiger partial charge in [0.25, 0.3) is 11.4 Å². The van der Waals surface area contributed by atoms with Crippen molar-refractivity contribution in [3.05, 3.63) is 79.9 Å². The summed E-state index contributed by atoms with van der Waals surface area (Å²) in [5, 5.41) is 26.3. The van der Waals surface area contributed by atoms with Crippen LogP contribution in [-0.4, -0.2) is 76.6 Å². The fourth-order valence-electron chi connectivity index (χ4n) is 5.03. The van der Waals surface area contributed by atoms with E-state index in [1.165, 1.54) is 64.1 Å². The third-order valence-electron chi connectivity index (χ3n) is 6.68. The minimum atomic E-state index is -2.56. The van der Waals surface area contributed by atoms with Crippen molar-refractivity contribution >= 4 is 35.3 Å². The van der Waals surface area contributed by atoms with Crippen LogP contribution in [0.25, 0.3) is 0 Å². The molecule has 44 heavy (non-hydrogen) atoms. The fourth-order valence-corrected chi connectivity index (χ4v) is 5.03. The molecule has 1 heterocycles. The molecule has 0 amide bonds. The van der Waals surface area contributed by atoms with Crippen molar-refractivity contribution in [2.45, 2.75) is 51.5 Å². The second-order valence-electron chi connectivity index (χ2n) is 9.26. The summed E-state index contributed by atoms with van der Waals surface area (Å²) in [7, 11) is 0. The monoisotopic (exact) mass is 616 g/mol. The zero-order chi connectivity index (χ0) is 32.6. The number of hydrogen-bond donors (Lipinski definition) is 1. The summed E-state index contributed by atoms with van der Waals surface area (Å²) in [5.41, 5.74) is -3.41. The molecule has 2 atom stereocenters. The molecule has 236 valence electrons. The smallest absolute Gasteiger partial charge is 0.340 e. The number of rotatable bonds is 13. The summed E-state index contributed by atoms with van der Waals surface area (Å²) in [6.45, 7) is 5.13. The Bertz CT molecular complexity index is 1390. The van der Waals surface area contributed by atoms with Crippen LogP contribution in [0, 0.1) is 20.2 Å². The number of ether oxygens (including phenoxy) is 4. The third kappa shape index (κ3) is 6.50. The van der Waals surface area contributed by atoms with E-state index in [2.05, 4.69) is 5.32 Å². The lowest BCUT2D eigenvalue weighted by Gasteiger charge is -2.36. The highest BCUT2D eigenvalue weighted by Crippen LogP contribution is 2.48. The molecule has 1 aliphatic rings. The lowest BCUT2D eigenvalue weighted by molar-refractivity contribution is -0.385. The first-order chi connectivity index (χ1) is 21.0. The van der Waals surface area contributed by atoms with Crippen molar-refractivity contribution < 1.29 is 48.0 Å². The molecule has 2 aromatic carbocycles. The number of carbonyl (C=O) groups is 4. The first-order valence-electron chi connectivity index (χ1n) is 13.7. The Morgan fingerprint density at radius 2 is 1.20 bits per heavy atom. The van der Waals surface area contributed by atoms with E-state index < -0.39 is 63.2 Å². The van der Waals surface area contributed by atoms with Gasteiger partial charge in [-0.15, -0.1) is 0 Å². The maximum absolute atomic E-state index is 13.9. The van der Waals surface area contributed by atoms with E-state index in [1.54, 1.807) is 0 Å². The average molecular weight is 617 g/mol. The lowest BCUT2D eigenvalue weighted by Crippen LogP contribution is -2.60. The van der Waals surface area contributed by atoms with Crippen LogP contribution in [-0.2, 0) is 38.1 Å². The first kappa shape index (κ1) is 33.5. The van der Waals surface area contributed by atoms with Gasteiger partial charge in [0.2, 0.25) is 11.6 Å². The molecule has 0 radical (unpaired) electrons. The van der Waals surface area contributed by atoms with Crippen molar-refractivity contribution in [3.63, 3.8) is 0 Å². The van der Waals surface area contributed by atoms with Crippen molar-refractivity contribution in [2.75, 3.05) is 26.4 Å². The molecule has 16 heteroatoms. The van der Waals surface area contributed by atoms with Gasteiger partial charge in [0.15, 0.2) is 0 Å². The Balaban J connectivity index is 2.51. The SMILES string of the molecule is CCOC(=O)C(C(=O)OCC)N1[C@@H](c2cccc([N+](=O)[O-])c2)NC(C(=O)OCC)(C(=O)OCC)[C@H]1c1cccc([N+](=O)[O-])c1. The lowest BCUT2D eigenvalue weighted by atomic mass is 9.84. The van der Waals surface area contributed by atoms with Gasteiger partial charge >= 0.3 is 23.9 Å². The van der Waals surface area contributed by atoms with Crippen LogP contribution in [0.5, 0.6) is 0 Å². The molecule has 1 aliphatic heterocycles. The Kier molecular flexibility index (Phi) is 11.0. The van der Waals surface area contributed by atoms with Gasteiger partial charge in [-0.25, -0.2) is 19.2 Å². The second kappa shape index (κ2) is 14.5. The number of non-ortho nitro benzene ring substituents is 2. The molecule has 2 aromatic rings. The molecule has 0 aliphatic carbocycles. The average Bonchev–Trinajstić information content (AvgIpc) is 3.35. The number of nitrogens with one attached hydrogen (secondary N) is 1. The molecule has 0 aromatic heterocycles. The Labute approximate surface area is 251 Å². The number of nitro groups is 2. The van der Waals surface area contributed by atoms with Crippen LogP contribution < -0.4 is 5.32 Å². The number of nitro benzene ring substituents is 2. The van der Waals surface area contributed by atoms with Crippen molar-refractivity contribution in [1.29, 1.82) is 0 Å². The molecule has 0 saturated carbocycles. The summed E-state index contributed by atoms with van der Waals surface area (Å²) in [4.78, 5) is 78.0. The molecule has 1 N–H and O–H groups in total. The highest BCUT2D eigenvalue weighted by atomic mass is 16.6. The van der Waals surface area contributed by atoms with Gasteiger partial charge in [-0.2, -0.15) is 0 Å². The summed E-state index contributed by atoms with van der Waals surface area (Å²) >= 11 is 0. The quantitative estimate of drug-likeness (QED) is 0.113. The van der Waals surface area contributed by atoms with Gasteiger partial charge in [0.1, 0.15) is 0 Å². The summed E-state index contributed by atoms with van der Waals surface area (Å²) in [6, 6.07) is 6.21. The van der Waals surface area contributed by atoms with E-state index in [4.69, 9.17) is 18.9 Å². The van der Waals surface area contributed by atoms with Gasteiger partial charge in [0, 0.05) is 24.3 Å². The van der Waals surface area contributed by atoms with Crippen LogP contribution in [0.4, 0.5) is 11.4 Å². The van der Waals surface area contributed by atoms with Gasteiger partial charge in [0.05, 0.1) is 48.5 Å². The zero-order valence-corrected chi connectivity index (χ0v) is 24.4. The molecule has 0 bridgehead atoms. The van der Waals surface area contributed by atoms with E-state index in [0.29, 0.717) is 0 Å². The van der Waals surface area contributed by atoms with Gasteiger partial charge in [-0.1, -0.05) is 24.3 Å². The molecule has 16 nitrogen and oxygen atoms in total. The van der Waals surface area contributed by atoms with Crippen LogP contribution in [0.15, 0.2) is 48.5 Å². The number of nitrogens with zero attached hydrogens (tertiary/aromatic N) is 3. The standard InChI is InChI=1S/C28H32N4O12/c1-5-41-24(33)21(25(34)42-6-2)30-22(17-11-9-13-19(15-17)31(37)38)28(26(35)43-7-3,27(36)44-8-4)29-23(30)18-12-10-14-20(16-18)32(39)40/h9-16,21-23,29H,5-8H2,1-4H3/t22-,23+/m1/s1.